The molecule has 0 amide bonds. The number of ketones is 1. The van der Waals surface area contributed by atoms with Crippen molar-refractivity contribution in [3.05, 3.63) is 66.5 Å². The van der Waals surface area contributed by atoms with Gasteiger partial charge in [-0.1, -0.05) is 12.1 Å². The summed E-state index contributed by atoms with van der Waals surface area (Å²) in [6, 6.07) is 11.0. The normalized spacial score (nSPS) is 14.0. The van der Waals surface area contributed by atoms with E-state index in [0.29, 0.717) is 58.8 Å². The second-order valence-corrected chi connectivity index (χ2v) is 7.85. The van der Waals surface area contributed by atoms with Crippen molar-refractivity contribution in [3.63, 3.8) is 0 Å². The molecule has 3 heterocycles. The van der Waals surface area contributed by atoms with E-state index < -0.39 is 11.6 Å². The van der Waals surface area contributed by atoms with Gasteiger partial charge in [-0.2, -0.15) is 0 Å². The second-order valence-electron chi connectivity index (χ2n) is 7.85. The monoisotopic (exact) mass is 446 g/mol. The number of Topliss-reactive ketones (excluding diaryl/α,β-unsaturated/α-hetero) is 1. The topological polar surface area (TPSA) is 68.2 Å². The van der Waals surface area contributed by atoms with E-state index in [2.05, 4.69) is 4.98 Å². The number of aromatic nitrogens is 3. The Morgan fingerprint density at radius 2 is 1.94 bits per heavy atom. The van der Waals surface area contributed by atoms with Crippen LogP contribution in [0.1, 0.15) is 12.8 Å². The number of hydrogen-bond acceptors (Lipinski definition) is 6. The van der Waals surface area contributed by atoms with Crippen molar-refractivity contribution in [3.8, 4) is 28.3 Å². The minimum absolute atomic E-state index is 0.104. The van der Waals surface area contributed by atoms with Crippen LogP contribution in [0.4, 0.5) is 14.6 Å². The lowest BCUT2D eigenvalue weighted by molar-refractivity contribution is -0.118. The summed E-state index contributed by atoms with van der Waals surface area (Å²) in [4.78, 5) is 27.8. The highest BCUT2D eigenvalue weighted by atomic mass is 19.2. The second kappa shape index (κ2) is 8.54. The number of ether oxygens (including phenoxy) is 1. The molecular formula is C25H20F2N4O2. The van der Waals surface area contributed by atoms with Gasteiger partial charge in [0.2, 0.25) is 0 Å². The first kappa shape index (κ1) is 20.9. The number of pyridine rings is 1. The number of hydrogen-bond donors (Lipinski definition) is 0. The van der Waals surface area contributed by atoms with Gasteiger partial charge in [-0.15, -0.1) is 0 Å². The van der Waals surface area contributed by atoms with E-state index in [4.69, 9.17) is 14.7 Å². The molecule has 4 aromatic rings. The van der Waals surface area contributed by atoms with Crippen molar-refractivity contribution in [1.82, 2.24) is 15.0 Å². The van der Waals surface area contributed by atoms with Crippen molar-refractivity contribution in [2.24, 2.45) is 0 Å². The first-order valence-electron chi connectivity index (χ1n) is 10.6. The predicted molar refractivity (Wildman–Crippen MR) is 121 cm³/mol. The average Bonchev–Trinajstić information content (AvgIpc) is 2.85. The SMILES string of the molecule is COc1cc(-c2cccc(F)c2F)cc2c(N3CCCC(=O)C3)nc(-c3cccnc3)nc12. The van der Waals surface area contributed by atoms with Gasteiger partial charge in [-0.3, -0.25) is 9.78 Å². The highest BCUT2D eigenvalue weighted by Crippen LogP contribution is 2.38. The number of carbonyl (C=O) groups is 1. The molecule has 0 unspecified atom stereocenters. The van der Waals surface area contributed by atoms with Gasteiger partial charge in [0.05, 0.1) is 13.7 Å². The quantitative estimate of drug-likeness (QED) is 0.448. The van der Waals surface area contributed by atoms with Crippen LogP contribution in [0.3, 0.4) is 0 Å². The molecule has 0 saturated carbocycles. The van der Waals surface area contributed by atoms with Crippen LogP contribution in [0.15, 0.2) is 54.9 Å². The third-order valence-corrected chi connectivity index (χ3v) is 5.70. The lowest BCUT2D eigenvalue weighted by Gasteiger charge is -2.28. The largest absolute Gasteiger partial charge is 0.494 e. The van der Waals surface area contributed by atoms with Crippen molar-refractivity contribution in [2.75, 3.05) is 25.1 Å². The van der Waals surface area contributed by atoms with Gasteiger partial charge in [-0.05, 0) is 42.3 Å². The first-order chi connectivity index (χ1) is 16.0. The van der Waals surface area contributed by atoms with Crippen LogP contribution in [0.2, 0.25) is 0 Å². The van der Waals surface area contributed by atoms with Gasteiger partial charge in [0.1, 0.15) is 17.1 Å². The van der Waals surface area contributed by atoms with Gasteiger partial charge in [0, 0.05) is 41.9 Å². The number of methoxy groups -OCH3 is 1. The van der Waals surface area contributed by atoms with Crippen LogP contribution < -0.4 is 9.64 Å². The molecule has 2 aromatic heterocycles. The van der Waals surface area contributed by atoms with Gasteiger partial charge in [-0.25, -0.2) is 18.7 Å². The summed E-state index contributed by atoms with van der Waals surface area (Å²) >= 11 is 0. The molecular weight excluding hydrogens is 426 g/mol. The smallest absolute Gasteiger partial charge is 0.166 e. The third-order valence-electron chi connectivity index (χ3n) is 5.70. The molecule has 0 atom stereocenters. The Hall–Kier alpha value is -3.94. The average molecular weight is 446 g/mol. The number of carbonyl (C=O) groups excluding carboxylic acids is 1. The summed E-state index contributed by atoms with van der Waals surface area (Å²) in [5.74, 6) is -0.382. The Labute approximate surface area is 188 Å². The Bertz CT molecular complexity index is 1360. The maximum atomic E-state index is 14.6. The van der Waals surface area contributed by atoms with E-state index in [9.17, 15) is 13.6 Å². The fourth-order valence-electron chi connectivity index (χ4n) is 4.11. The summed E-state index contributed by atoms with van der Waals surface area (Å²) in [5, 5.41) is 0.593. The molecule has 2 aromatic carbocycles. The van der Waals surface area contributed by atoms with E-state index in [0.717, 1.165) is 6.07 Å². The lowest BCUT2D eigenvalue weighted by atomic mass is 10.0. The minimum atomic E-state index is -0.943. The number of halogens is 2. The van der Waals surface area contributed by atoms with E-state index >= 15 is 0 Å². The number of nitrogens with zero attached hydrogens (tertiary/aromatic N) is 4. The van der Waals surface area contributed by atoms with E-state index in [1.54, 1.807) is 30.6 Å². The van der Waals surface area contributed by atoms with E-state index in [1.165, 1.54) is 19.2 Å². The maximum absolute atomic E-state index is 14.6. The number of rotatable bonds is 4. The molecule has 0 aliphatic carbocycles. The third kappa shape index (κ3) is 3.88. The van der Waals surface area contributed by atoms with Gasteiger partial charge < -0.3 is 9.64 Å². The van der Waals surface area contributed by atoms with Gasteiger partial charge in [0.15, 0.2) is 23.2 Å². The maximum Gasteiger partial charge on any atom is 0.166 e. The van der Waals surface area contributed by atoms with Crippen LogP contribution in [0.25, 0.3) is 33.4 Å². The summed E-state index contributed by atoms with van der Waals surface area (Å²) < 4.78 is 34.1. The summed E-state index contributed by atoms with van der Waals surface area (Å²) in [5.41, 5.74) is 1.76. The predicted octanol–water partition coefficient (Wildman–Crippen LogP) is 4.81. The van der Waals surface area contributed by atoms with Crippen LogP contribution >= 0.6 is 0 Å². The number of piperidine rings is 1. The van der Waals surface area contributed by atoms with Crippen molar-refractivity contribution in [2.45, 2.75) is 12.8 Å². The summed E-state index contributed by atoms with van der Waals surface area (Å²) in [6.45, 7) is 0.866. The molecule has 1 aliphatic heterocycles. The fraction of sp³-hybridized carbons (Fsp3) is 0.200. The number of anilines is 1. The van der Waals surface area contributed by atoms with Crippen LogP contribution in [0, 0.1) is 11.6 Å². The van der Waals surface area contributed by atoms with Crippen molar-refractivity contribution in [1.29, 1.82) is 0 Å². The zero-order chi connectivity index (χ0) is 22.9. The van der Waals surface area contributed by atoms with Crippen LogP contribution in [-0.2, 0) is 4.79 Å². The molecule has 0 spiro atoms. The first-order valence-corrected chi connectivity index (χ1v) is 10.6. The standard InChI is InChI=1S/C25H20F2N4O2/c1-33-21-12-16(18-7-2-8-20(26)22(18)27)11-19-23(21)29-24(15-5-3-9-28-13-15)30-25(19)31-10-4-6-17(32)14-31/h2-3,5,7-9,11-13H,4,6,10,14H2,1H3. The highest BCUT2D eigenvalue weighted by molar-refractivity contribution is 5.99. The zero-order valence-electron chi connectivity index (χ0n) is 17.9. The molecule has 0 bridgehead atoms. The number of fused-ring (bicyclic) bond motifs is 1. The van der Waals surface area contributed by atoms with Gasteiger partial charge >= 0.3 is 0 Å². The van der Waals surface area contributed by atoms with Crippen molar-refractivity contribution < 1.29 is 18.3 Å². The molecule has 1 aliphatic rings. The summed E-state index contributed by atoms with van der Waals surface area (Å²) in [6.07, 6.45) is 4.56. The molecule has 0 radical (unpaired) electrons. The molecule has 1 fully saturated rings. The zero-order valence-corrected chi connectivity index (χ0v) is 17.9. The molecule has 0 N–H and O–H groups in total. The Morgan fingerprint density at radius 3 is 2.70 bits per heavy atom. The summed E-state index contributed by atoms with van der Waals surface area (Å²) in [7, 11) is 1.50. The molecule has 33 heavy (non-hydrogen) atoms. The number of benzene rings is 2. The molecule has 1 saturated heterocycles. The van der Waals surface area contributed by atoms with Gasteiger partial charge in [0.25, 0.3) is 0 Å². The Morgan fingerprint density at radius 1 is 1.06 bits per heavy atom. The Balaban J connectivity index is 1.79. The van der Waals surface area contributed by atoms with E-state index in [1.807, 2.05) is 11.0 Å². The fourth-order valence-corrected chi connectivity index (χ4v) is 4.11. The minimum Gasteiger partial charge on any atom is -0.494 e. The van der Waals surface area contributed by atoms with Crippen LogP contribution in [-0.4, -0.2) is 40.9 Å². The van der Waals surface area contributed by atoms with Crippen LogP contribution in [0.5, 0.6) is 5.75 Å². The van der Waals surface area contributed by atoms with E-state index in [-0.39, 0.29) is 17.9 Å². The molecule has 5 rings (SSSR count). The molecule has 166 valence electrons. The molecule has 8 heteroatoms. The Kier molecular flexibility index (Phi) is 5.42. The van der Waals surface area contributed by atoms with Crippen molar-refractivity contribution >= 4 is 22.5 Å². The highest BCUT2D eigenvalue weighted by Gasteiger charge is 2.24. The lowest BCUT2D eigenvalue weighted by Crippen LogP contribution is -2.36. The molecule has 6 nitrogen and oxygen atoms in total.